The third-order valence-electron chi connectivity index (χ3n) is 6.20. The molecular formula is C27H38BrN5O3Si. The summed E-state index contributed by atoms with van der Waals surface area (Å²) in [6.07, 6.45) is 5.62. The second-order valence-corrected chi connectivity index (χ2v) is 18.4. The van der Waals surface area contributed by atoms with Gasteiger partial charge < -0.3 is 18.9 Å². The van der Waals surface area contributed by atoms with Crippen LogP contribution in [0.3, 0.4) is 0 Å². The number of halogens is 1. The smallest absolute Gasteiger partial charge is 0.410 e. The molecule has 1 aliphatic carbocycles. The van der Waals surface area contributed by atoms with Gasteiger partial charge in [0.15, 0.2) is 5.82 Å². The van der Waals surface area contributed by atoms with E-state index in [1.807, 2.05) is 45.3 Å². The minimum Gasteiger partial charge on any atom is -0.444 e. The van der Waals surface area contributed by atoms with Gasteiger partial charge in [-0.2, -0.15) is 0 Å². The van der Waals surface area contributed by atoms with Gasteiger partial charge in [-0.05, 0) is 67.7 Å². The number of carbonyl (C=O) groups excluding carboxylic acids is 1. The molecule has 1 fully saturated rings. The van der Waals surface area contributed by atoms with Crippen LogP contribution >= 0.6 is 15.9 Å². The fraction of sp³-hybridized carbons (Fsp3) is 0.556. The number of amides is 1. The van der Waals surface area contributed by atoms with Gasteiger partial charge in [-0.15, -0.1) is 0 Å². The lowest BCUT2D eigenvalue weighted by atomic mass is 10.1. The van der Waals surface area contributed by atoms with Crippen molar-refractivity contribution in [3.8, 4) is 11.4 Å². The Labute approximate surface area is 228 Å². The third-order valence-corrected chi connectivity index (χ3v) is 8.74. The third kappa shape index (κ3) is 6.97. The van der Waals surface area contributed by atoms with Gasteiger partial charge in [-0.25, -0.2) is 14.8 Å². The highest BCUT2D eigenvalue weighted by atomic mass is 79.9. The van der Waals surface area contributed by atoms with Crippen molar-refractivity contribution in [1.29, 1.82) is 0 Å². The number of fused-ring (bicyclic) bond motifs is 1. The molecule has 3 aromatic rings. The molecule has 0 aliphatic heterocycles. The molecular weight excluding hydrogens is 550 g/mol. The number of hydrogen-bond acceptors (Lipinski definition) is 6. The molecule has 0 N–H and O–H groups in total. The molecule has 10 heteroatoms. The van der Waals surface area contributed by atoms with E-state index in [0.29, 0.717) is 31.6 Å². The molecule has 1 amide bonds. The number of rotatable bonds is 9. The minimum absolute atomic E-state index is 0.332. The van der Waals surface area contributed by atoms with E-state index in [1.165, 1.54) is 0 Å². The summed E-state index contributed by atoms with van der Waals surface area (Å²) in [7, 11) is 0.520. The van der Waals surface area contributed by atoms with Crippen LogP contribution in [0.15, 0.2) is 29.0 Å². The number of carbonyl (C=O) groups is 1. The summed E-state index contributed by atoms with van der Waals surface area (Å²) in [4.78, 5) is 28.7. The van der Waals surface area contributed by atoms with E-state index in [-0.39, 0.29) is 6.09 Å². The van der Waals surface area contributed by atoms with Gasteiger partial charge in [0.2, 0.25) is 0 Å². The maximum atomic E-state index is 12.7. The Kier molecular flexibility index (Phi) is 8.11. The van der Waals surface area contributed by atoms with E-state index in [1.54, 1.807) is 11.9 Å². The van der Waals surface area contributed by atoms with Gasteiger partial charge >= 0.3 is 6.09 Å². The van der Waals surface area contributed by atoms with Crippen molar-refractivity contribution in [2.24, 2.45) is 0 Å². The van der Waals surface area contributed by atoms with Crippen molar-refractivity contribution in [3.63, 3.8) is 0 Å². The van der Waals surface area contributed by atoms with Crippen molar-refractivity contribution in [2.75, 3.05) is 13.7 Å². The van der Waals surface area contributed by atoms with Crippen molar-refractivity contribution in [2.45, 2.75) is 84.1 Å². The Balaban J connectivity index is 1.69. The second kappa shape index (κ2) is 10.8. The zero-order valence-corrected chi connectivity index (χ0v) is 25.6. The van der Waals surface area contributed by atoms with E-state index in [9.17, 15) is 4.79 Å². The molecule has 0 saturated heterocycles. The van der Waals surface area contributed by atoms with Crippen LogP contribution in [0.5, 0.6) is 0 Å². The molecule has 3 heterocycles. The maximum Gasteiger partial charge on any atom is 0.410 e. The SMILES string of the molecule is CN(Cc1c(Br)c2nc(-c3cccnc3C3CC3)ncc2n1COCC[Si](C)(C)C)C(=O)OC(C)(C)C. The van der Waals surface area contributed by atoms with Crippen LogP contribution in [0.1, 0.15) is 50.9 Å². The fourth-order valence-electron chi connectivity index (χ4n) is 4.02. The Bertz CT molecular complexity index is 1280. The van der Waals surface area contributed by atoms with Crippen LogP contribution in [0.4, 0.5) is 4.79 Å². The lowest BCUT2D eigenvalue weighted by Crippen LogP contribution is -2.34. The lowest BCUT2D eigenvalue weighted by Gasteiger charge is -2.25. The molecule has 4 rings (SSSR count). The van der Waals surface area contributed by atoms with Gasteiger partial charge in [0.25, 0.3) is 0 Å². The molecule has 0 bridgehead atoms. The molecule has 0 atom stereocenters. The van der Waals surface area contributed by atoms with Crippen molar-refractivity contribution in [3.05, 3.63) is 40.4 Å². The van der Waals surface area contributed by atoms with E-state index in [4.69, 9.17) is 19.4 Å². The predicted octanol–water partition coefficient (Wildman–Crippen LogP) is 6.81. The van der Waals surface area contributed by atoms with Gasteiger partial charge in [0.05, 0.1) is 34.1 Å². The van der Waals surface area contributed by atoms with E-state index >= 15 is 0 Å². The molecule has 1 aliphatic rings. The standard InChI is InChI=1S/C27H38BrN5O3Si/c1-27(2,3)36-26(34)32(4)16-21-22(28)24-20(33(21)17-35-13-14-37(5,6)7)15-30-25(31-24)19-9-8-12-29-23(19)18-10-11-18/h8-9,12,15,18H,10-11,13-14,16-17H2,1-7H3. The average molecular weight is 589 g/mol. The molecule has 0 spiro atoms. The Morgan fingerprint density at radius 2 is 1.97 bits per heavy atom. The summed E-state index contributed by atoms with van der Waals surface area (Å²) in [5, 5.41) is 0. The molecule has 3 aromatic heterocycles. The maximum absolute atomic E-state index is 12.7. The molecule has 200 valence electrons. The molecule has 0 radical (unpaired) electrons. The highest BCUT2D eigenvalue weighted by molar-refractivity contribution is 9.10. The number of hydrogen-bond donors (Lipinski definition) is 0. The normalized spacial score (nSPS) is 14.3. The van der Waals surface area contributed by atoms with Gasteiger partial charge in [-0.1, -0.05) is 19.6 Å². The van der Waals surface area contributed by atoms with E-state index in [2.05, 4.69) is 45.1 Å². The fourth-order valence-corrected chi connectivity index (χ4v) is 5.41. The summed E-state index contributed by atoms with van der Waals surface area (Å²) >= 11 is 3.79. The first-order valence-corrected chi connectivity index (χ1v) is 17.3. The highest BCUT2D eigenvalue weighted by Gasteiger charge is 2.29. The van der Waals surface area contributed by atoms with Gasteiger partial charge in [0, 0.05) is 39.4 Å². The van der Waals surface area contributed by atoms with E-state index < -0.39 is 13.7 Å². The van der Waals surface area contributed by atoms with Crippen molar-refractivity contribution in [1.82, 2.24) is 24.4 Å². The van der Waals surface area contributed by atoms with Crippen LogP contribution in [0.25, 0.3) is 22.4 Å². The van der Waals surface area contributed by atoms with Crippen molar-refractivity contribution < 1.29 is 14.3 Å². The number of pyridine rings is 1. The monoisotopic (exact) mass is 587 g/mol. The number of nitrogens with zero attached hydrogens (tertiary/aromatic N) is 5. The molecule has 0 aromatic carbocycles. The first kappa shape index (κ1) is 27.7. The van der Waals surface area contributed by atoms with Crippen molar-refractivity contribution >= 4 is 41.1 Å². The molecule has 8 nitrogen and oxygen atoms in total. The lowest BCUT2D eigenvalue weighted by molar-refractivity contribution is 0.0274. The van der Waals surface area contributed by atoms with Crippen LogP contribution < -0.4 is 0 Å². The van der Waals surface area contributed by atoms with Gasteiger partial charge in [-0.3, -0.25) is 4.98 Å². The Morgan fingerprint density at radius 1 is 1.24 bits per heavy atom. The molecule has 0 unspecified atom stereocenters. The summed E-state index contributed by atoms with van der Waals surface area (Å²) < 4.78 is 14.6. The van der Waals surface area contributed by atoms with Crippen LogP contribution in [-0.4, -0.2) is 57.8 Å². The minimum atomic E-state index is -1.22. The zero-order valence-electron chi connectivity index (χ0n) is 23.0. The second-order valence-electron chi connectivity index (χ2n) is 12.0. The summed E-state index contributed by atoms with van der Waals surface area (Å²) in [6.45, 7) is 14.0. The zero-order chi connectivity index (χ0) is 27.0. The first-order valence-electron chi connectivity index (χ1n) is 12.8. The van der Waals surface area contributed by atoms with E-state index in [0.717, 1.165) is 51.3 Å². The average Bonchev–Trinajstić information content (AvgIpc) is 3.62. The molecule has 1 saturated carbocycles. The quantitative estimate of drug-likeness (QED) is 0.202. The topological polar surface area (TPSA) is 82.4 Å². The first-order chi connectivity index (χ1) is 17.3. The summed E-state index contributed by atoms with van der Waals surface area (Å²) in [5.41, 5.74) is 4.00. The Hall–Kier alpha value is -2.30. The highest BCUT2D eigenvalue weighted by Crippen LogP contribution is 2.43. The Morgan fingerprint density at radius 3 is 2.62 bits per heavy atom. The largest absolute Gasteiger partial charge is 0.444 e. The van der Waals surface area contributed by atoms with Gasteiger partial charge in [0.1, 0.15) is 17.8 Å². The predicted molar refractivity (Wildman–Crippen MR) is 152 cm³/mol. The molecule has 37 heavy (non-hydrogen) atoms. The number of ether oxygens (including phenoxy) is 2. The van der Waals surface area contributed by atoms with Crippen LogP contribution in [0.2, 0.25) is 25.7 Å². The summed E-state index contributed by atoms with van der Waals surface area (Å²) in [5.74, 6) is 1.15. The number of aromatic nitrogens is 4. The van der Waals surface area contributed by atoms with Crippen LogP contribution in [0, 0.1) is 0 Å². The van der Waals surface area contributed by atoms with Crippen LogP contribution in [-0.2, 0) is 22.7 Å². The summed E-state index contributed by atoms with van der Waals surface area (Å²) in [6, 6.07) is 5.05.